The summed E-state index contributed by atoms with van der Waals surface area (Å²) < 4.78 is 0. The molecule has 114 valence electrons. The fraction of sp³-hybridized carbons (Fsp3) is 0.100. The Balaban J connectivity index is 2.07. The van der Waals surface area contributed by atoms with Gasteiger partial charge in [0.1, 0.15) is 0 Å². The average molecular weight is 357 g/mol. The predicted octanol–water partition coefficient (Wildman–Crippen LogP) is 6.71. The first-order valence-electron chi connectivity index (χ1n) is 7.53. The number of benzene rings is 3. The van der Waals surface area contributed by atoms with Crippen LogP contribution in [0.15, 0.2) is 59.5 Å². The number of aryl methyl sites for hydroxylation is 2. The van der Waals surface area contributed by atoms with E-state index in [-0.39, 0.29) is 0 Å². The van der Waals surface area contributed by atoms with Crippen LogP contribution < -0.4 is 0 Å². The smallest absolute Gasteiger partial charge is 0.0491 e. The van der Waals surface area contributed by atoms with Gasteiger partial charge in [-0.1, -0.05) is 53.5 Å². The number of rotatable bonds is 1. The fourth-order valence-corrected chi connectivity index (χ4v) is 4.09. The molecule has 0 nitrogen and oxygen atoms in total. The van der Waals surface area contributed by atoms with Gasteiger partial charge in [-0.25, -0.2) is 0 Å². The first-order chi connectivity index (χ1) is 11.1. The SMILES string of the molecule is Sc1ccccc1-c1c(Cl)ccc2c1-c1ccc(Cl)cc1CC2. The second-order valence-corrected chi connectivity index (χ2v) is 7.10. The van der Waals surface area contributed by atoms with E-state index in [1.165, 1.54) is 22.3 Å². The third-order valence-electron chi connectivity index (χ3n) is 4.41. The highest BCUT2D eigenvalue weighted by Crippen LogP contribution is 2.45. The van der Waals surface area contributed by atoms with Crippen LogP contribution in [0.1, 0.15) is 11.1 Å². The van der Waals surface area contributed by atoms with Gasteiger partial charge < -0.3 is 0 Å². The number of fused-ring (bicyclic) bond motifs is 3. The van der Waals surface area contributed by atoms with Crippen molar-refractivity contribution in [3.8, 4) is 22.3 Å². The van der Waals surface area contributed by atoms with Gasteiger partial charge in [-0.2, -0.15) is 0 Å². The van der Waals surface area contributed by atoms with E-state index in [1.807, 2.05) is 30.3 Å². The molecule has 1 aliphatic carbocycles. The van der Waals surface area contributed by atoms with Crippen LogP contribution in [0.25, 0.3) is 22.3 Å². The number of hydrogen-bond donors (Lipinski definition) is 1. The summed E-state index contributed by atoms with van der Waals surface area (Å²) in [6, 6.07) is 18.4. The minimum absolute atomic E-state index is 0.757. The minimum Gasteiger partial charge on any atom is -0.143 e. The first kappa shape index (κ1) is 15.1. The summed E-state index contributed by atoms with van der Waals surface area (Å²) in [4.78, 5) is 0.934. The number of hydrogen-bond acceptors (Lipinski definition) is 1. The Bertz CT molecular complexity index is 916. The fourth-order valence-electron chi connectivity index (χ4n) is 3.37. The molecular weight excluding hydrogens is 343 g/mol. The van der Waals surface area contributed by atoms with Crippen LogP contribution in [0.3, 0.4) is 0 Å². The largest absolute Gasteiger partial charge is 0.143 e. The summed E-state index contributed by atoms with van der Waals surface area (Å²) in [5, 5.41) is 1.54. The summed E-state index contributed by atoms with van der Waals surface area (Å²) in [5.41, 5.74) is 7.20. The summed E-state index contributed by atoms with van der Waals surface area (Å²) in [5.74, 6) is 0. The molecular formula is C20H14Cl2S. The van der Waals surface area contributed by atoms with Gasteiger partial charge in [-0.3, -0.25) is 0 Å². The molecule has 0 radical (unpaired) electrons. The molecule has 0 aliphatic heterocycles. The third-order valence-corrected chi connectivity index (χ3v) is 5.35. The quantitative estimate of drug-likeness (QED) is 0.460. The Morgan fingerprint density at radius 1 is 0.739 bits per heavy atom. The normalized spacial score (nSPS) is 12.7. The Morgan fingerprint density at radius 2 is 1.52 bits per heavy atom. The van der Waals surface area contributed by atoms with Crippen LogP contribution in [0.4, 0.5) is 0 Å². The van der Waals surface area contributed by atoms with Gasteiger partial charge >= 0.3 is 0 Å². The third kappa shape index (κ3) is 2.57. The molecule has 3 aromatic rings. The van der Waals surface area contributed by atoms with E-state index in [9.17, 15) is 0 Å². The number of halogens is 2. The van der Waals surface area contributed by atoms with E-state index in [2.05, 4.69) is 36.9 Å². The Kier molecular flexibility index (Phi) is 3.88. The molecule has 4 rings (SSSR count). The van der Waals surface area contributed by atoms with E-state index in [1.54, 1.807) is 0 Å². The highest BCUT2D eigenvalue weighted by atomic mass is 35.5. The standard InChI is InChI=1S/C20H14Cl2S/c21-14-8-9-15-13(11-14)6-5-12-7-10-17(22)20(19(12)15)16-3-1-2-4-18(16)23/h1-4,7-11,23H,5-6H2. The highest BCUT2D eigenvalue weighted by molar-refractivity contribution is 7.80. The van der Waals surface area contributed by atoms with Gasteiger partial charge in [0.05, 0.1) is 0 Å². The molecule has 0 unspecified atom stereocenters. The van der Waals surface area contributed by atoms with Crippen LogP contribution in [-0.4, -0.2) is 0 Å². The molecule has 0 amide bonds. The summed E-state index contributed by atoms with van der Waals surface area (Å²) in [6.07, 6.45) is 2.01. The Labute approximate surface area is 151 Å². The number of thiol groups is 1. The molecule has 0 fully saturated rings. The van der Waals surface area contributed by atoms with Crippen LogP contribution >= 0.6 is 35.8 Å². The lowest BCUT2D eigenvalue weighted by Gasteiger charge is -2.24. The minimum atomic E-state index is 0.757. The summed E-state index contributed by atoms with van der Waals surface area (Å²) >= 11 is 17.4. The highest BCUT2D eigenvalue weighted by Gasteiger charge is 2.22. The predicted molar refractivity (Wildman–Crippen MR) is 102 cm³/mol. The van der Waals surface area contributed by atoms with E-state index in [4.69, 9.17) is 23.2 Å². The van der Waals surface area contributed by atoms with Crippen molar-refractivity contribution in [2.75, 3.05) is 0 Å². The lowest BCUT2D eigenvalue weighted by molar-refractivity contribution is 0.942. The van der Waals surface area contributed by atoms with Crippen LogP contribution in [0.2, 0.25) is 10.0 Å². The molecule has 0 spiro atoms. The van der Waals surface area contributed by atoms with Crippen LogP contribution in [0, 0.1) is 0 Å². The van der Waals surface area contributed by atoms with Gasteiger partial charge in [0.25, 0.3) is 0 Å². The Morgan fingerprint density at radius 3 is 2.35 bits per heavy atom. The maximum atomic E-state index is 6.61. The second-order valence-electron chi connectivity index (χ2n) is 5.78. The van der Waals surface area contributed by atoms with Crippen molar-refractivity contribution in [3.05, 3.63) is 75.8 Å². The lowest BCUT2D eigenvalue weighted by Crippen LogP contribution is -2.06. The van der Waals surface area contributed by atoms with Crippen molar-refractivity contribution in [2.45, 2.75) is 17.7 Å². The van der Waals surface area contributed by atoms with E-state index in [0.717, 1.165) is 38.9 Å². The van der Waals surface area contributed by atoms with Crippen molar-refractivity contribution < 1.29 is 0 Å². The van der Waals surface area contributed by atoms with E-state index >= 15 is 0 Å². The molecule has 0 aromatic heterocycles. The molecule has 0 N–H and O–H groups in total. The molecule has 1 aliphatic rings. The second kappa shape index (κ2) is 5.90. The van der Waals surface area contributed by atoms with Gasteiger partial charge in [-0.15, -0.1) is 12.6 Å². The molecule has 3 aromatic carbocycles. The maximum absolute atomic E-state index is 6.61. The van der Waals surface area contributed by atoms with Crippen molar-refractivity contribution in [2.24, 2.45) is 0 Å². The summed E-state index contributed by atoms with van der Waals surface area (Å²) in [6.45, 7) is 0. The zero-order valence-corrected chi connectivity index (χ0v) is 14.7. The lowest BCUT2D eigenvalue weighted by atomic mass is 9.81. The molecule has 0 atom stereocenters. The van der Waals surface area contributed by atoms with Gasteiger partial charge in [0.2, 0.25) is 0 Å². The molecule has 0 saturated heterocycles. The molecule has 0 bridgehead atoms. The van der Waals surface area contributed by atoms with Crippen LogP contribution in [-0.2, 0) is 12.8 Å². The van der Waals surface area contributed by atoms with Gasteiger partial charge in [-0.05, 0) is 64.9 Å². The van der Waals surface area contributed by atoms with Gasteiger partial charge in [0.15, 0.2) is 0 Å². The molecule has 23 heavy (non-hydrogen) atoms. The van der Waals surface area contributed by atoms with Crippen molar-refractivity contribution >= 4 is 35.8 Å². The zero-order valence-electron chi connectivity index (χ0n) is 12.3. The first-order valence-corrected chi connectivity index (χ1v) is 8.74. The van der Waals surface area contributed by atoms with E-state index in [0.29, 0.717) is 0 Å². The topological polar surface area (TPSA) is 0 Å². The zero-order chi connectivity index (χ0) is 16.0. The van der Waals surface area contributed by atoms with Crippen LogP contribution in [0.5, 0.6) is 0 Å². The van der Waals surface area contributed by atoms with Crippen molar-refractivity contribution in [1.82, 2.24) is 0 Å². The average Bonchev–Trinajstić information content (AvgIpc) is 2.55. The monoisotopic (exact) mass is 356 g/mol. The van der Waals surface area contributed by atoms with Crippen molar-refractivity contribution in [3.63, 3.8) is 0 Å². The van der Waals surface area contributed by atoms with Crippen molar-refractivity contribution in [1.29, 1.82) is 0 Å². The maximum Gasteiger partial charge on any atom is 0.0491 e. The molecule has 3 heteroatoms. The van der Waals surface area contributed by atoms with Gasteiger partial charge in [0, 0.05) is 20.5 Å². The Hall–Kier alpha value is -1.41. The molecule has 0 heterocycles. The summed E-state index contributed by atoms with van der Waals surface area (Å²) in [7, 11) is 0. The van der Waals surface area contributed by atoms with E-state index < -0.39 is 0 Å². The molecule has 0 saturated carbocycles.